The molecule has 1 aliphatic rings. The molecular formula is C23H17N3. The Kier molecular flexibility index (Phi) is 2.72. The molecule has 0 aliphatic carbocycles. The maximum absolute atomic E-state index is 4.92. The Morgan fingerprint density at radius 1 is 0.692 bits per heavy atom. The third-order valence-electron chi connectivity index (χ3n) is 5.48. The summed E-state index contributed by atoms with van der Waals surface area (Å²) in [5.41, 5.74) is 8.33. The first kappa shape index (κ1) is 13.9. The highest BCUT2D eigenvalue weighted by molar-refractivity contribution is 6.23. The molecule has 5 aromatic rings. The predicted molar refractivity (Wildman–Crippen MR) is 108 cm³/mol. The number of nitrogens with one attached hydrogen (secondary N) is 2. The number of benzene rings is 3. The van der Waals surface area contributed by atoms with Crippen molar-refractivity contribution in [2.75, 3.05) is 6.54 Å². The van der Waals surface area contributed by atoms with Gasteiger partial charge < -0.3 is 9.97 Å². The predicted octanol–water partition coefficient (Wildman–Crippen LogP) is 5.20. The third kappa shape index (κ3) is 1.80. The van der Waals surface area contributed by atoms with Crippen molar-refractivity contribution in [2.45, 2.75) is 6.42 Å². The highest BCUT2D eigenvalue weighted by Gasteiger charge is 2.22. The normalized spacial score (nSPS) is 14.1. The van der Waals surface area contributed by atoms with Gasteiger partial charge in [0.15, 0.2) is 0 Å². The lowest BCUT2D eigenvalue weighted by atomic mass is 9.96. The largest absolute Gasteiger partial charge is 0.354 e. The monoisotopic (exact) mass is 335 g/mol. The summed E-state index contributed by atoms with van der Waals surface area (Å²) in [4.78, 5) is 12.2. The van der Waals surface area contributed by atoms with Gasteiger partial charge in [-0.2, -0.15) is 0 Å². The van der Waals surface area contributed by atoms with Crippen molar-refractivity contribution in [1.29, 1.82) is 0 Å². The van der Waals surface area contributed by atoms with E-state index in [2.05, 4.69) is 76.7 Å². The number of fused-ring (bicyclic) bond motifs is 6. The van der Waals surface area contributed by atoms with Crippen LogP contribution in [0.3, 0.4) is 0 Å². The summed E-state index contributed by atoms with van der Waals surface area (Å²) in [5.74, 6) is 0. The first-order valence-electron chi connectivity index (χ1n) is 9.04. The Morgan fingerprint density at radius 3 is 2.31 bits per heavy atom. The van der Waals surface area contributed by atoms with Crippen molar-refractivity contribution in [1.82, 2.24) is 9.97 Å². The fourth-order valence-electron chi connectivity index (χ4n) is 4.31. The van der Waals surface area contributed by atoms with Crippen LogP contribution in [0.2, 0.25) is 0 Å². The number of hydrogen-bond acceptors (Lipinski definition) is 1. The molecule has 6 rings (SSSR count). The molecule has 0 saturated carbocycles. The average molecular weight is 335 g/mol. The van der Waals surface area contributed by atoms with E-state index in [9.17, 15) is 0 Å². The number of rotatable bonds is 1. The summed E-state index contributed by atoms with van der Waals surface area (Å²) in [7, 11) is 0. The standard InChI is InChI=1S/C23H17N3/c1-3-10-19-14(6-1)16-8-5-9-18(21(16)25-19)22-23-17(12-13-24-22)15-7-2-4-11-20(15)26-23/h1-11,25-26H,12-13H2. The van der Waals surface area contributed by atoms with E-state index in [4.69, 9.17) is 4.99 Å². The zero-order valence-electron chi connectivity index (χ0n) is 14.2. The summed E-state index contributed by atoms with van der Waals surface area (Å²) in [5, 5.41) is 3.83. The van der Waals surface area contributed by atoms with E-state index in [0.717, 1.165) is 18.7 Å². The minimum absolute atomic E-state index is 0.834. The van der Waals surface area contributed by atoms with Crippen LogP contribution in [-0.4, -0.2) is 22.2 Å². The van der Waals surface area contributed by atoms with E-state index in [1.165, 1.54) is 49.5 Å². The van der Waals surface area contributed by atoms with Gasteiger partial charge in [0.1, 0.15) is 0 Å². The topological polar surface area (TPSA) is 43.9 Å². The fraction of sp³-hybridized carbons (Fsp3) is 0.0870. The van der Waals surface area contributed by atoms with Crippen LogP contribution in [0.15, 0.2) is 71.7 Å². The van der Waals surface area contributed by atoms with Crippen LogP contribution in [0.1, 0.15) is 16.8 Å². The summed E-state index contributed by atoms with van der Waals surface area (Å²) in [6, 6.07) is 23.5. The van der Waals surface area contributed by atoms with Crippen LogP contribution in [0.5, 0.6) is 0 Å². The molecule has 0 fully saturated rings. The van der Waals surface area contributed by atoms with Gasteiger partial charge in [0.05, 0.1) is 16.9 Å². The molecule has 26 heavy (non-hydrogen) atoms. The second-order valence-corrected chi connectivity index (χ2v) is 6.90. The molecule has 0 unspecified atom stereocenters. The quantitative estimate of drug-likeness (QED) is 0.423. The SMILES string of the molecule is c1ccc2c3c([nH]c2c1)C(c1cccc2c1[nH]c1ccccc12)=NCC3. The van der Waals surface area contributed by atoms with E-state index >= 15 is 0 Å². The highest BCUT2D eigenvalue weighted by Crippen LogP contribution is 2.32. The molecule has 0 radical (unpaired) electrons. The number of aromatic amines is 2. The van der Waals surface area contributed by atoms with Crippen LogP contribution in [0, 0.1) is 0 Å². The van der Waals surface area contributed by atoms with Crippen LogP contribution < -0.4 is 0 Å². The number of hydrogen-bond donors (Lipinski definition) is 2. The molecule has 2 N–H and O–H groups in total. The lowest BCUT2D eigenvalue weighted by molar-refractivity contribution is 0.948. The van der Waals surface area contributed by atoms with Gasteiger partial charge in [-0.15, -0.1) is 0 Å². The van der Waals surface area contributed by atoms with E-state index in [1.54, 1.807) is 0 Å². The van der Waals surface area contributed by atoms with Gasteiger partial charge >= 0.3 is 0 Å². The molecule has 0 atom stereocenters. The Balaban J connectivity index is 1.66. The molecule has 0 amide bonds. The summed E-state index contributed by atoms with van der Waals surface area (Å²) < 4.78 is 0. The molecule has 1 aliphatic heterocycles. The third-order valence-corrected chi connectivity index (χ3v) is 5.48. The van der Waals surface area contributed by atoms with Crippen molar-refractivity contribution in [3.63, 3.8) is 0 Å². The van der Waals surface area contributed by atoms with Crippen molar-refractivity contribution >= 4 is 38.4 Å². The summed E-state index contributed by atoms with van der Waals surface area (Å²) in [6.45, 7) is 0.834. The summed E-state index contributed by atoms with van der Waals surface area (Å²) in [6.07, 6.45) is 0.992. The molecule has 3 nitrogen and oxygen atoms in total. The maximum Gasteiger partial charge on any atom is 0.0905 e. The Bertz CT molecular complexity index is 1330. The minimum atomic E-state index is 0.834. The van der Waals surface area contributed by atoms with Gasteiger partial charge in [0.25, 0.3) is 0 Å². The number of para-hydroxylation sites is 3. The molecule has 0 saturated heterocycles. The van der Waals surface area contributed by atoms with Gasteiger partial charge in [0, 0.05) is 39.3 Å². The first-order chi connectivity index (χ1) is 12.9. The lowest BCUT2D eigenvalue weighted by Gasteiger charge is -2.14. The smallest absolute Gasteiger partial charge is 0.0905 e. The van der Waals surface area contributed by atoms with Crippen molar-refractivity contribution < 1.29 is 0 Å². The number of H-pyrrole nitrogens is 2. The van der Waals surface area contributed by atoms with Gasteiger partial charge in [-0.1, -0.05) is 54.6 Å². The van der Waals surface area contributed by atoms with Gasteiger partial charge in [-0.25, -0.2) is 0 Å². The zero-order valence-corrected chi connectivity index (χ0v) is 14.2. The number of aliphatic imine (C=N–C) groups is 1. The second kappa shape index (κ2) is 5.09. The van der Waals surface area contributed by atoms with Gasteiger partial charge in [0.2, 0.25) is 0 Å². The Morgan fingerprint density at radius 2 is 1.42 bits per heavy atom. The maximum atomic E-state index is 4.92. The molecule has 2 aromatic heterocycles. The van der Waals surface area contributed by atoms with E-state index in [-0.39, 0.29) is 0 Å². The van der Waals surface area contributed by atoms with E-state index in [1.807, 2.05) is 0 Å². The number of aromatic nitrogens is 2. The molecule has 0 bridgehead atoms. The molecule has 3 aromatic carbocycles. The molecule has 124 valence electrons. The minimum Gasteiger partial charge on any atom is -0.354 e. The van der Waals surface area contributed by atoms with Crippen molar-refractivity contribution in [3.05, 3.63) is 83.6 Å². The average Bonchev–Trinajstić information content (AvgIpc) is 3.26. The van der Waals surface area contributed by atoms with Crippen LogP contribution in [0.25, 0.3) is 32.7 Å². The lowest BCUT2D eigenvalue weighted by Crippen LogP contribution is -2.14. The molecular weight excluding hydrogens is 318 g/mol. The molecule has 0 spiro atoms. The fourth-order valence-corrected chi connectivity index (χ4v) is 4.31. The van der Waals surface area contributed by atoms with Gasteiger partial charge in [-0.3, -0.25) is 4.99 Å². The summed E-state index contributed by atoms with van der Waals surface area (Å²) >= 11 is 0. The van der Waals surface area contributed by atoms with Gasteiger partial charge in [-0.05, 0) is 24.1 Å². The Labute approximate surface area is 150 Å². The van der Waals surface area contributed by atoms with E-state index in [0.29, 0.717) is 0 Å². The van der Waals surface area contributed by atoms with Crippen LogP contribution in [0.4, 0.5) is 0 Å². The number of nitrogens with zero attached hydrogens (tertiary/aromatic N) is 1. The Hall–Kier alpha value is -3.33. The zero-order chi connectivity index (χ0) is 17.1. The van der Waals surface area contributed by atoms with Crippen molar-refractivity contribution in [3.8, 4) is 0 Å². The molecule has 3 heteroatoms. The van der Waals surface area contributed by atoms with Crippen LogP contribution in [-0.2, 0) is 6.42 Å². The highest BCUT2D eigenvalue weighted by atomic mass is 14.8. The first-order valence-corrected chi connectivity index (χ1v) is 9.04. The van der Waals surface area contributed by atoms with E-state index < -0.39 is 0 Å². The molecule has 3 heterocycles. The van der Waals surface area contributed by atoms with Crippen molar-refractivity contribution in [2.24, 2.45) is 4.99 Å². The van der Waals surface area contributed by atoms with Crippen LogP contribution >= 0.6 is 0 Å². The second-order valence-electron chi connectivity index (χ2n) is 6.90.